The highest BCUT2D eigenvalue weighted by Crippen LogP contribution is 2.54. The van der Waals surface area contributed by atoms with Crippen molar-refractivity contribution in [2.75, 3.05) is 12.4 Å². The molecule has 0 aliphatic heterocycles. The van der Waals surface area contributed by atoms with E-state index in [1.165, 1.54) is 16.3 Å². The second-order valence-electron chi connectivity index (χ2n) is 4.98. The summed E-state index contributed by atoms with van der Waals surface area (Å²) in [6.07, 6.45) is 1.13. The third-order valence-corrected chi connectivity index (χ3v) is 4.48. The molecule has 88 valence electrons. The Morgan fingerprint density at radius 2 is 1.94 bits per heavy atom. The van der Waals surface area contributed by atoms with Crippen LogP contribution in [0.3, 0.4) is 0 Å². The molecule has 3 rings (SSSR count). The highest BCUT2D eigenvalue weighted by atomic mass is 35.5. The molecule has 0 amide bonds. The van der Waals surface area contributed by atoms with Crippen molar-refractivity contribution in [3.63, 3.8) is 0 Å². The molecule has 0 aromatic heterocycles. The summed E-state index contributed by atoms with van der Waals surface area (Å²) in [7, 11) is 0. The minimum Gasteiger partial charge on any atom is -0.330 e. The van der Waals surface area contributed by atoms with Gasteiger partial charge >= 0.3 is 0 Å². The normalized spacial score (nSPS) is 27.3. The Morgan fingerprint density at radius 3 is 2.59 bits per heavy atom. The van der Waals surface area contributed by atoms with Gasteiger partial charge in [0.15, 0.2) is 0 Å². The predicted molar refractivity (Wildman–Crippen MR) is 73.5 cm³/mol. The first-order chi connectivity index (χ1) is 8.30. The summed E-state index contributed by atoms with van der Waals surface area (Å²) in [6, 6.07) is 15.1. The summed E-state index contributed by atoms with van der Waals surface area (Å²) in [4.78, 5) is 0. The van der Waals surface area contributed by atoms with Gasteiger partial charge in [-0.05, 0) is 28.7 Å². The van der Waals surface area contributed by atoms with Crippen molar-refractivity contribution in [1.29, 1.82) is 0 Å². The van der Waals surface area contributed by atoms with Crippen LogP contribution < -0.4 is 5.73 Å². The molecule has 1 aliphatic carbocycles. The van der Waals surface area contributed by atoms with Gasteiger partial charge in [-0.1, -0.05) is 42.5 Å². The Kier molecular flexibility index (Phi) is 2.61. The quantitative estimate of drug-likeness (QED) is 0.825. The van der Waals surface area contributed by atoms with E-state index in [-0.39, 0.29) is 5.41 Å². The average molecular weight is 246 g/mol. The molecule has 2 aromatic rings. The number of hydrogen-bond acceptors (Lipinski definition) is 1. The van der Waals surface area contributed by atoms with Crippen molar-refractivity contribution in [3.05, 3.63) is 48.0 Å². The van der Waals surface area contributed by atoms with Crippen molar-refractivity contribution in [2.24, 2.45) is 11.7 Å². The highest BCUT2D eigenvalue weighted by Gasteiger charge is 2.53. The van der Waals surface area contributed by atoms with Crippen molar-refractivity contribution in [2.45, 2.75) is 11.8 Å². The molecule has 2 atom stereocenters. The Bertz CT molecular complexity index is 551. The molecule has 0 heterocycles. The van der Waals surface area contributed by atoms with Gasteiger partial charge in [0, 0.05) is 17.8 Å². The lowest BCUT2D eigenvalue weighted by Crippen LogP contribution is -2.22. The van der Waals surface area contributed by atoms with E-state index in [9.17, 15) is 0 Å². The molecule has 2 N–H and O–H groups in total. The Morgan fingerprint density at radius 1 is 1.18 bits per heavy atom. The second kappa shape index (κ2) is 4.01. The van der Waals surface area contributed by atoms with Crippen LogP contribution in [0.2, 0.25) is 0 Å². The second-order valence-corrected chi connectivity index (χ2v) is 5.29. The van der Waals surface area contributed by atoms with Crippen LogP contribution in [0.4, 0.5) is 0 Å². The Hall–Kier alpha value is -1.05. The number of fused-ring (bicyclic) bond motifs is 1. The standard InChI is InChI=1S/C15H16ClN/c16-9-14-8-15(14,10-17)13-6-5-11-3-1-2-4-12(11)7-13/h1-7,14H,8-10,17H2/t14-,15+/m0/s1. The zero-order valence-corrected chi connectivity index (χ0v) is 10.5. The van der Waals surface area contributed by atoms with Gasteiger partial charge in [-0.15, -0.1) is 11.6 Å². The van der Waals surface area contributed by atoms with Crippen molar-refractivity contribution in [3.8, 4) is 0 Å². The summed E-state index contributed by atoms with van der Waals surface area (Å²) in [6.45, 7) is 0.697. The molecule has 1 aliphatic rings. The number of hydrogen-bond donors (Lipinski definition) is 1. The van der Waals surface area contributed by atoms with Crippen LogP contribution in [0.1, 0.15) is 12.0 Å². The van der Waals surface area contributed by atoms with Gasteiger partial charge in [-0.3, -0.25) is 0 Å². The predicted octanol–water partition coefficient (Wildman–Crippen LogP) is 3.30. The monoisotopic (exact) mass is 245 g/mol. The number of nitrogens with two attached hydrogens (primary N) is 1. The van der Waals surface area contributed by atoms with Gasteiger partial charge in [0.1, 0.15) is 0 Å². The first-order valence-corrected chi connectivity index (χ1v) is 6.59. The number of rotatable bonds is 3. The van der Waals surface area contributed by atoms with Gasteiger partial charge in [0.25, 0.3) is 0 Å². The van der Waals surface area contributed by atoms with Crippen LogP contribution >= 0.6 is 11.6 Å². The van der Waals surface area contributed by atoms with E-state index in [1.807, 2.05) is 0 Å². The van der Waals surface area contributed by atoms with Crippen molar-refractivity contribution < 1.29 is 0 Å². The lowest BCUT2D eigenvalue weighted by atomic mass is 9.91. The van der Waals surface area contributed by atoms with E-state index < -0.39 is 0 Å². The third kappa shape index (κ3) is 1.65. The first-order valence-electron chi connectivity index (χ1n) is 6.05. The van der Waals surface area contributed by atoms with Crippen molar-refractivity contribution in [1.82, 2.24) is 0 Å². The van der Waals surface area contributed by atoms with Gasteiger partial charge in [-0.2, -0.15) is 0 Å². The largest absolute Gasteiger partial charge is 0.330 e. The molecule has 1 fully saturated rings. The fourth-order valence-corrected chi connectivity index (χ4v) is 3.21. The van der Waals surface area contributed by atoms with Gasteiger partial charge in [0.05, 0.1) is 0 Å². The molecule has 2 aromatic carbocycles. The lowest BCUT2D eigenvalue weighted by Gasteiger charge is -2.15. The van der Waals surface area contributed by atoms with E-state index in [0.717, 1.165) is 6.42 Å². The topological polar surface area (TPSA) is 26.0 Å². The highest BCUT2D eigenvalue weighted by molar-refractivity contribution is 6.18. The van der Waals surface area contributed by atoms with Gasteiger partial charge in [0.2, 0.25) is 0 Å². The van der Waals surface area contributed by atoms with Crippen molar-refractivity contribution >= 4 is 22.4 Å². The van der Waals surface area contributed by atoms with Gasteiger partial charge in [-0.25, -0.2) is 0 Å². The maximum Gasteiger partial charge on any atom is 0.0261 e. The van der Waals surface area contributed by atoms with Crippen LogP contribution in [0, 0.1) is 5.92 Å². The number of alkyl halides is 1. The molecule has 17 heavy (non-hydrogen) atoms. The summed E-state index contributed by atoms with van der Waals surface area (Å²) in [5.41, 5.74) is 7.45. The molecule has 0 bridgehead atoms. The van der Waals surface area contributed by atoms with Crippen LogP contribution in [0.25, 0.3) is 10.8 Å². The molecule has 1 nitrogen and oxygen atoms in total. The zero-order chi connectivity index (χ0) is 11.9. The molecular formula is C15H16ClN. The van der Waals surface area contributed by atoms with Crippen LogP contribution in [0.15, 0.2) is 42.5 Å². The molecule has 2 heteroatoms. The Balaban J connectivity index is 2.07. The maximum absolute atomic E-state index is 5.97. The average Bonchev–Trinajstić information content (AvgIpc) is 3.13. The lowest BCUT2D eigenvalue weighted by molar-refractivity contribution is 0.645. The fraction of sp³-hybridized carbons (Fsp3) is 0.333. The molecule has 0 unspecified atom stereocenters. The SMILES string of the molecule is NC[C@@]1(c2ccc3ccccc3c2)C[C@H]1CCl. The maximum atomic E-state index is 5.97. The fourth-order valence-electron chi connectivity index (χ4n) is 2.80. The molecule has 0 radical (unpaired) electrons. The van der Waals surface area contributed by atoms with E-state index >= 15 is 0 Å². The summed E-state index contributed by atoms with van der Waals surface area (Å²) >= 11 is 5.97. The minimum absolute atomic E-state index is 0.145. The minimum atomic E-state index is 0.145. The van der Waals surface area contributed by atoms with Crippen LogP contribution in [0.5, 0.6) is 0 Å². The van der Waals surface area contributed by atoms with E-state index in [1.54, 1.807) is 0 Å². The third-order valence-electron chi connectivity index (χ3n) is 4.11. The van der Waals surface area contributed by atoms with Crippen LogP contribution in [-0.2, 0) is 5.41 Å². The molecular weight excluding hydrogens is 230 g/mol. The molecule has 0 spiro atoms. The Labute approximate surface area is 107 Å². The van der Waals surface area contributed by atoms with E-state index in [4.69, 9.17) is 17.3 Å². The van der Waals surface area contributed by atoms with E-state index in [0.29, 0.717) is 18.3 Å². The first kappa shape index (κ1) is 11.1. The van der Waals surface area contributed by atoms with Crippen LogP contribution in [-0.4, -0.2) is 12.4 Å². The summed E-state index contributed by atoms with van der Waals surface area (Å²) in [5.74, 6) is 1.26. The summed E-state index contributed by atoms with van der Waals surface area (Å²) in [5, 5.41) is 2.57. The smallest absolute Gasteiger partial charge is 0.0261 e. The zero-order valence-electron chi connectivity index (χ0n) is 9.70. The summed E-state index contributed by atoms with van der Waals surface area (Å²) < 4.78 is 0. The number of benzene rings is 2. The van der Waals surface area contributed by atoms with E-state index in [2.05, 4.69) is 42.5 Å². The number of halogens is 1. The molecule has 0 saturated heterocycles. The van der Waals surface area contributed by atoms with Gasteiger partial charge < -0.3 is 5.73 Å². The molecule has 1 saturated carbocycles.